The monoisotopic (exact) mass is 490 g/mol. The van der Waals surface area contributed by atoms with E-state index in [0.717, 1.165) is 25.9 Å². The van der Waals surface area contributed by atoms with E-state index in [0.29, 0.717) is 31.2 Å². The van der Waals surface area contributed by atoms with Crippen LogP contribution in [0.5, 0.6) is 0 Å². The Labute approximate surface area is 195 Å². The summed E-state index contributed by atoms with van der Waals surface area (Å²) >= 11 is 6.54. The summed E-state index contributed by atoms with van der Waals surface area (Å²) in [7, 11) is 0. The van der Waals surface area contributed by atoms with Gasteiger partial charge in [0.25, 0.3) is 0 Å². The zero-order valence-corrected chi connectivity index (χ0v) is 20.8. The Bertz CT molecular complexity index is 741. The van der Waals surface area contributed by atoms with Crippen LogP contribution >= 0.6 is 47.0 Å². The van der Waals surface area contributed by atoms with Crippen molar-refractivity contribution >= 4 is 53.3 Å². The molecule has 0 fully saturated rings. The van der Waals surface area contributed by atoms with E-state index in [1.54, 1.807) is 47.0 Å². The molecule has 0 aromatic heterocycles. The summed E-state index contributed by atoms with van der Waals surface area (Å²) in [5.41, 5.74) is 1.67. The number of rotatable bonds is 9. The highest BCUT2D eigenvalue weighted by atomic mass is 32.2. The van der Waals surface area contributed by atoms with Gasteiger partial charge in [0.05, 0.1) is 8.16 Å². The molecule has 2 aliphatic rings. The lowest BCUT2D eigenvalue weighted by Crippen LogP contribution is -2.22. The molecule has 2 aliphatic heterocycles. The van der Waals surface area contributed by atoms with Crippen LogP contribution in [-0.2, 0) is 5.41 Å². The molecule has 0 saturated heterocycles. The lowest BCUT2D eigenvalue weighted by atomic mass is 9.86. The molecule has 0 atom stereocenters. The van der Waals surface area contributed by atoms with Crippen LogP contribution in [0.15, 0.2) is 19.6 Å². The first-order valence-corrected chi connectivity index (χ1v) is 13.4. The standard InChI is InChI=1S/C21H30O5S4/c1-19(2,3)14-17-15(27-20(29-17,4-8-22)5-9-23)13(12-26)16-18(14)30-21(28-16,6-10-24)7-11-25/h12,22-25H,4-11H2,1-3H3. The van der Waals surface area contributed by atoms with Crippen molar-refractivity contribution < 1.29 is 25.2 Å². The molecule has 9 heteroatoms. The SMILES string of the molecule is CC(C)(C)c1c2c(c(C=O)c3c1SC(CCO)(CCO)S3)SC(CCO)(CCO)S2. The van der Waals surface area contributed by atoms with Crippen LogP contribution in [0, 0.1) is 0 Å². The lowest BCUT2D eigenvalue weighted by molar-refractivity contribution is 0.111. The number of thioether (sulfide) groups is 4. The summed E-state index contributed by atoms with van der Waals surface area (Å²) in [5.74, 6) is 0. The number of hydrogen-bond acceptors (Lipinski definition) is 9. The Balaban J connectivity index is 2.22. The van der Waals surface area contributed by atoms with E-state index in [4.69, 9.17) is 0 Å². The fraction of sp³-hybridized carbons (Fsp3) is 0.667. The van der Waals surface area contributed by atoms with E-state index in [2.05, 4.69) is 20.8 Å². The Morgan fingerprint density at radius 3 is 1.30 bits per heavy atom. The van der Waals surface area contributed by atoms with Gasteiger partial charge < -0.3 is 20.4 Å². The highest BCUT2D eigenvalue weighted by Gasteiger charge is 2.49. The van der Waals surface area contributed by atoms with Crippen molar-refractivity contribution in [1.82, 2.24) is 0 Å². The number of aliphatic hydroxyl groups is 4. The predicted octanol–water partition coefficient (Wildman–Crippen LogP) is 4.11. The van der Waals surface area contributed by atoms with Crippen molar-refractivity contribution in [2.45, 2.75) is 79.6 Å². The van der Waals surface area contributed by atoms with Gasteiger partial charge in [-0.2, -0.15) is 0 Å². The normalized spacial score (nSPS) is 19.0. The molecule has 3 rings (SSSR count). The second-order valence-corrected chi connectivity index (χ2v) is 14.7. The summed E-state index contributed by atoms with van der Waals surface area (Å²) in [5, 5.41) is 38.7. The van der Waals surface area contributed by atoms with Crippen molar-refractivity contribution in [1.29, 1.82) is 0 Å². The van der Waals surface area contributed by atoms with Crippen LogP contribution in [0.25, 0.3) is 0 Å². The third-order valence-electron chi connectivity index (χ3n) is 5.35. The second-order valence-electron chi connectivity index (χ2n) is 8.60. The maximum Gasteiger partial charge on any atom is 0.152 e. The first-order chi connectivity index (χ1) is 14.2. The summed E-state index contributed by atoms with van der Waals surface area (Å²) in [6, 6.07) is 0. The van der Waals surface area contributed by atoms with E-state index in [1.807, 2.05) is 0 Å². The molecule has 0 aliphatic carbocycles. The maximum atomic E-state index is 12.3. The van der Waals surface area contributed by atoms with E-state index < -0.39 is 0 Å². The Hall–Kier alpha value is 0.130. The molecular weight excluding hydrogens is 460 g/mol. The molecule has 0 bridgehead atoms. The summed E-state index contributed by atoms with van der Waals surface area (Å²) < 4.78 is -0.775. The number of fused-ring (bicyclic) bond motifs is 2. The van der Waals surface area contributed by atoms with Crippen LogP contribution in [0.4, 0.5) is 0 Å². The lowest BCUT2D eigenvalue weighted by Gasteiger charge is -2.29. The van der Waals surface area contributed by atoms with E-state index >= 15 is 0 Å². The van der Waals surface area contributed by atoms with E-state index in [1.165, 1.54) is 5.56 Å². The van der Waals surface area contributed by atoms with Gasteiger partial charge in [-0.05, 0) is 36.7 Å². The quantitative estimate of drug-likeness (QED) is 0.381. The zero-order chi connectivity index (χ0) is 22.2. The number of benzene rings is 1. The molecule has 0 saturated carbocycles. The van der Waals surface area contributed by atoms with Gasteiger partial charge in [0.1, 0.15) is 0 Å². The fourth-order valence-corrected chi connectivity index (χ4v) is 11.3. The first-order valence-electron chi connectivity index (χ1n) is 10.1. The Morgan fingerprint density at radius 2 is 1.03 bits per heavy atom. The van der Waals surface area contributed by atoms with Gasteiger partial charge in [-0.15, -0.1) is 47.0 Å². The molecule has 4 N–H and O–H groups in total. The summed E-state index contributed by atoms with van der Waals surface area (Å²) in [4.78, 5) is 16.3. The average molecular weight is 491 g/mol. The minimum Gasteiger partial charge on any atom is -0.396 e. The highest BCUT2D eigenvalue weighted by Crippen LogP contribution is 2.69. The molecule has 0 unspecified atom stereocenters. The molecule has 1 aromatic carbocycles. The first kappa shape index (κ1) is 24.8. The van der Waals surface area contributed by atoms with Crippen molar-refractivity contribution in [2.24, 2.45) is 0 Å². The van der Waals surface area contributed by atoms with Gasteiger partial charge in [-0.1, -0.05) is 20.8 Å². The Kier molecular flexibility index (Phi) is 7.88. The largest absolute Gasteiger partial charge is 0.396 e. The van der Waals surface area contributed by atoms with Crippen LogP contribution < -0.4 is 0 Å². The van der Waals surface area contributed by atoms with E-state index in [-0.39, 0.29) is 40.0 Å². The predicted molar refractivity (Wildman–Crippen MR) is 126 cm³/mol. The molecule has 0 amide bonds. The molecular formula is C21H30O5S4. The third kappa shape index (κ3) is 4.46. The van der Waals surface area contributed by atoms with Crippen LogP contribution in [-0.4, -0.2) is 61.3 Å². The smallest absolute Gasteiger partial charge is 0.152 e. The topological polar surface area (TPSA) is 98.0 Å². The van der Waals surface area contributed by atoms with Gasteiger partial charge in [-0.3, -0.25) is 4.79 Å². The zero-order valence-electron chi connectivity index (χ0n) is 17.6. The number of aliphatic hydroxyl groups excluding tert-OH is 4. The van der Waals surface area contributed by atoms with Gasteiger partial charge in [-0.25, -0.2) is 0 Å². The van der Waals surface area contributed by atoms with Crippen molar-refractivity contribution in [3.8, 4) is 0 Å². The highest BCUT2D eigenvalue weighted by molar-refractivity contribution is 8.21. The molecule has 2 heterocycles. The molecule has 168 valence electrons. The second kappa shape index (κ2) is 9.55. The fourth-order valence-electron chi connectivity index (χ4n) is 3.99. The molecule has 5 nitrogen and oxygen atoms in total. The van der Waals surface area contributed by atoms with E-state index in [9.17, 15) is 25.2 Å². The Morgan fingerprint density at radius 1 is 0.700 bits per heavy atom. The molecule has 0 spiro atoms. The van der Waals surface area contributed by atoms with Gasteiger partial charge in [0.2, 0.25) is 0 Å². The molecule has 1 aromatic rings. The average Bonchev–Trinajstić information content (AvgIpc) is 3.17. The summed E-state index contributed by atoms with van der Waals surface area (Å²) in [6.45, 7) is 6.58. The number of carbonyl (C=O) groups is 1. The summed E-state index contributed by atoms with van der Waals surface area (Å²) in [6.07, 6.45) is 3.05. The van der Waals surface area contributed by atoms with Gasteiger partial charge in [0, 0.05) is 51.6 Å². The van der Waals surface area contributed by atoms with Crippen molar-refractivity contribution in [2.75, 3.05) is 26.4 Å². The van der Waals surface area contributed by atoms with Crippen LogP contribution in [0.3, 0.4) is 0 Å². The molecule has 0 radical (unpaired) electrons. The van der Waals surface area contributed by atoms with Gasteiger partial charge in [0.15, 0.2) is 6.29 Å². The van der Waals surface area contributed by atoms with Crippen molar-refractivity contribution in [3.05, 3.63) is 11.1 Å². The number of aldehydes is 1. The molecule has 30 heavy (non-hydrogen) atoms. The van der Waals surface area contributed by atoms with Gasteiger partial charge >= 0.3 is 0 Å². The number of carbonyl (C=O) groups excluding carboxylic acids is 1. The minimum atomic E-state index is -0.388. The van der Waals surface area contributed by atoms with Crippen LogP contribution in [0.1, 0.15) is 62.4 Å². The third-order valence-corrected chi connectivity index (χ3v) is 12.2. The number of hydrogen-bond donors (Lipinski definition) is 4. The maximum absolute atomic E-state index is 12.3. The van der Waals surface area contributed by atoms with Crippen molar-refractivity contribution in [3.63, 3.8) is 0 Å². The van der Waals surface area contributed by atoms with Crippen LogP contribution in [0.2, 0.25) is 0 Å². The minimum absolute atomic E-state index is 0.0224.